The third-order valence-corrected chi connectivity index (χ3v) is 2.72. The van der Waals surface area contributed by atoms with Gasteiger partial charge in [0.1, 0.15) is 0 Å². The summed E-state index contributed by atoms with van der Waals surface area (Å²) >= 11 is 0. The van der Waals surface area contributed by atoms with Crippen molar-refractivity contribution in [2.45, 2.75) is 31.3 Å². The molecule has 1 saturated carbocycles. The minimum Gasteiger partial charge on any atom is -0.390 e. The van der Waals surface area contributed by atoms with E-state index in [1.807, 2.05) is 0 Å². The molecule has 1 N–H and O–H groups in total. The van der Waals surface area contributed by atoms with Crippen LogP contribution in [0.5, 0.6) is 0 Å². The topological polar surface area (TPSA) is 20.2 Å². The van der Waals surface area contributed by atoms with Crippen LogP contribution in [0.15, 0.2) is 18.2 Å². The van der Waals surface area contributed by atoms with Crippen LogP contribution in [-0.2, 0) is 6.42 Å². The van der Waals surface area contributed by atoms with Crippen molar-refractivity contribution in [3.05, 3.63) is 35.4 Å². The molecular weight excluding hydrogens is 186 g/mol. The normalized spacial score (nSPS) is 18.2. The molecule has 0 atom stereocenters. The Balaban J connectivity index is 2.05. The van der Waals surface area contributed by atoms with Gasteiger partial charge in [0.15, 0.2) is 11.6 Å². The first kappa shape index (κ1) is 9.59. The zero-order chi connectivity index (χ0) is 10.2. The van der Waals surface area contributed by atoms with E-state index in [0.717, 1.165) is 18.9 Å². The van der Waals surface area contributed by atoms with E-state index >= 15 is 0 Å². The highest BCUT2D eigenvalue weighted by Gasteiger charge is 2.39. The number of halogens is 2. The molecule has 0 unspecified atom stereocenters. The van der Waals surface area contributed by atoms with Crippen LogP contribution in [0, 0.1) is 11.6 Å². The van der Waals surface area contributed by atoms with E-state index in [4.69, 9.17) is 0 Å². The zero-order valence-electron chi connectivity index (χ0n) is 7.76. The summed E-state index contributed by atoms with van der Waals surface area (Å²) in [6.45, 7) is 0. The van der Waals surface area contributed by atoms with E-state index in [1.165, 1.54) is 6.07 Å². The van der Waals surface area contributed by atoms with Crippen molar-refractivity contribution in [2.75, 3.05) is 0 Å². The molecule has 1 aliphatic carbocycles. The summed E-state index contributed by atoms with van der Waals surface area (Å²) in [5, 5.41) is 9.53. The first-order valence-electron chi connectivity index (χ1n) is 4.76. The van der Waals surface area contributed by atoms with Crippen molar-refractivity contribution in [3.8, 4) is 0 Å². The summed E-state index contributed by atoms with van der Waals surface area (Å²) in [7, 11) is 0. The Morgan fingerprint density at radius 1 is 1.29 bits per heavy atom. The fourth-order valence-electron chi connectivity index (χ4n) is 1.50. The van der Waals surface area contributed by atoms with E-state index in [0.29, 0.717) is 18.4 Å². The largest absolute Gasteiger partial charge is 0.390 e. The van der Waals surface area contributed by atoms with Gasteiger partial charge >= 0.3 is 0 Å². The lowest BCUT2D eigenvalue weighted by Crippen LogP contribution is -2.08. The SMILES string of the molecule is OC1(CCc2cccc(F)c2F)CC1. The highest BCUT2D eigenvalue weighted by atomic mass is 19.2. The average molecular weight is 198 g/mol. The van der Waals surface area contributed by atoms with E-state index in [-0.39, 0.29) is 0 Å². The summed E-state index contributed by atoms with van der Waals surface area (Å²) in [6.07, 6.45) is 2.49. The third kappa shape index (κ3) is 1.93. The van der Waals surface area contributed by atoms with Crippen molar-refractivity contribution < 1.29 is 13.9 Å². The highest BCUT2D eigenvalue weighted by molar-refractivity contribution is 5.19. The predicted molar refractivity (Wildman–Crippen MR) is 48.9 cm³/mol. The van der Waals surface area contributed by atoms with Gasteiger partial charge < -0.3 is 5.11 Å². The molecule has 76 valence electrons. The van der Waals surface area contributed by atoms with Crippen LogP contribution < -0.4 is 0 Å². The van der Waals surface area contributed by atoms with Gasteiger partial charge in [0.25, 0.3) is 0 Å². The summed E-state index contributed by atoms with van der Waals surface area (Å²) < 4.78 is 25.9. The average Bonchev–Trinajstić information content (AvgIpc) is 2.88. The van der Waals surface area contributed by atoms with Gasteiger partial charge in [-0.1, -0.05) is 12.1 Å². The molecule has 3 heteroatoms. The molecule has 0 spiro atoms. The summed E-state index contributed by atoms with van der Waals surface area (Å²) in [5.41, 5.74) is -0.246. The summed E-state index contributed by atoms with van der Waals surface area (Å²) in [4.78, 5) is 0. The molecule has 0 heterocycles. The lowest BCUT2D eigenvalue weighted by Gasteiger charge is -2.07. The number of aliphatic hydroxyl groups is 1. The van der Waals surface area contributed by atoms with Crippen LogP contribution >= 0.6 is 0 Å². The first-order chi connectivity index (χ1) is 6.61. The molecule has 1 aliphatic rings. The Morgan fingerprint density at radius 2 is 2.00 bits per heavy atom. The molecule has 14 heavy (non-hydrogen) atoms. The minimum atomic E-state index is -0.815. The van der Waals surface area contributed by atoms with Gasteiger partial charge in [-0.25, -0.2) is 8.78 Å². The minimum absolute atomic E-state index is 0.352. The smallest absolute Gasteiger partial charge is 0.162 e. The Labute approximate surface area is 81.4 Å². The van der Waals surface area contributed by atoms with Crippen LogP contribution in [-0.4, -0.2) is 10.7 Å². The van der Waals surface area contributed by atoms with Gasteiger partial charge in [-0.05, 0) is 37.3 Å². The van der Waals surface area contributed by atoms with Crippen LogP contribution in [0.4, 0.5) is 8.78 Å². The van der Waals surface area contributed by atoms with Gasteiger partial charge in [0.2, 0.25) is 0 Å². The first-order valence-corrected chi connectivity index (χ1v) is 4.76. The number of benzene rings is 1. The quantitative estimate of drug-likeness (QED) is 0.790. The molecule has 0 aromatic heterocycles. The van der Waals surface area contributed by atoms with Gasteiger partial charge in [0.05, 0.1) is 5.60 Å². The maximum atomic E-state index is 13.1. The molecule has 0 radical (unpaired) electrons. The Morgan fingerprint density at radius 3 is 2.64 bits per heavy atom. The van der Waals surface area contributed by atoms with Crippen LogP contribution in [0.25, 0.3) is 0 Å². The van der Waals surface area contributed by atoms with Gasteiger partial charge in [0, 0.05) is 0 Å². The Bertz CT molecular complexity index is 345. The number of aryl methyl sites for hydroxylation is 1. The molecule has 2 rings (SSSR count). The second-order valence-electron chi connectivity index (χ2n) is 3.94. The van der Waals surface area contributed by atoms with E-state index in [2.05, 4.69) is 0 Å². The second kappa shape index (κ2) is 3.31. The summed E-state index contributed by atoms with van der Waals surface area (Å²) in [6, 6.07) is 4.15. The third-order valence-electron chi connectivity index (χ3n) is 2.72. The van der Waals surface area contributed by atoms with Crippen molar-refractivity contribution in [3.63, 3.8) is 0 Å². The highest BCUT2D eigenvalue weighted by Crippen LogP contribution is 2.39. The van der Waals surface area contributed by atoms with Crippen molar-refractivity contribution in [1.29, 1.82) is 0 Å². The predicted octanol–water partition coefficient (Wildman–Crippen LogP) is 2.42. The second-order valence-corrected chi connectivity index (χ2v) is 3.94. The maximum Gasteiger partial charge on any atom is 0.162 e. The van der Waals surface area contributed by atoms with Crippen LogP contribution in [0.3, 0.4) is 0 Å². The molecule has 0 bridgehead atoms. The van der Waals surface area contributed by atoms with E-state index in [9.17, 15) is 13.9 Å². The van der Waals surface area contributed by atoms with Gasteiger partial charge in [-0.15, -0.1) is 0 Å². The number of hydrogen-bond donors (Lipinski definition) is 1. The van der Waals surface area contributed by atoms with Crippen molar-refractivity contribution in [1.82, 2.24) is 0 Å². The lowest BCUT2D eigenvalue weighted by atomic mass is 10.1. The zero-order valence-corrected chi connectivity index (χ0v) is 7.76. The fraction of sp³-hybridized carbons (Fsp3) is 0.455. The number of rotatable bonds is 3. The Kier molecular flexibility index (Phi) is 2.27. The van der Waals surface area contributed by atoms with E-state index < -0.39 is 17.2 Å². The van der Waals surface area contributed by atoms with E-state index in [1.54, 1.807) is 6.07 Å². The monoisotopic (exact) mass is 198 g/mol. The molecule has 0 aliphatic heterocycles. The maximum absolute atomic E-state index is 13.1. The molecule has 0 amide bonds. The molecule has 0 saturated heterocycles. The van der Waals surface area contributed by atoms with Crippen molar-refractivity contribution >= 4 is 0 Å². The molecule has 1 aromatic carbocycles. The molecule has 1 aromatic rings. The van der Waals surface area contributed by atoms with Crippen molar-refractivity contribution in [2.24, 2.45) is 0 Å². The fourth-order valence-corrected chi connectivity index (χ4v) is 1.50. The number of hydrogen-bond acceptors (Lipinski definition) is 1. The standard InChI is InChI=1S/C11H12F2O/c12-9-3-1-2-8(10(9)13)4-5-11(14)6-7-11/h1-3,14H,4-7H2. The molecule has 1 nitrogen and oxygen atoms in total. The molecular formula is C11H12F2O. The lowest BCUT2D eigenvalue weighted by molar-refractivity contribution is 0.140. The van der Waals surface area contributed by atoms with Gasteiger partial charge in [-0.2, -0.15) is 0 Å². The van der Waals surface area contributed by atoms with Crippen LogP contribution in [0.2, 0.25) is 0 Å². The summed E-state index contributed by atoms with van der Waals surface area (Å²) in [5.74, 6) is -1.60. The Hall–Kier alpha value is -0.960. The van der Waals surface area contributed by atoms with Gasteiger partial charge in [-0.3, -0.25) is 0 Å². The molecule has 1 fully saturated rings. The van der Waals surface area contributed by atoms with Crippen LogP contribution in [0.1, 0.15) is 24.8 Å².